The first-order valence-electron chi connectivity index (χ1n) is 8.27. The smallest absolute Gasteiger partial charge is 0.129 e. The Bertz CT molecular complexity index is 458. The standard InChI is InChI=1S/C17H27N3/c1-3-7-18-11-14-8-15(4-2)19-17(10-14)20-12-13-5-6-16(20)9-13/h8,10,13,16,18H,3-7,9,11-12H2,1-2H3. The van der Waals surface area contributed by atoms with Crippen molar-refractivity contribution in [2.24, 2.45) is 5.92 Å². The number of aromatic nitrogens is 1. The minimum Gasteiger partial charge on any atom is -0.353 e. The molecule has 2 heterocycles. The van der Waals surface area contributed by atoms with E-state index in [1.54, 1.807) is 0 Å². The average Bonchev–Trinajstić information content (AvgIpc) is 3.10. The molecular weight excluding hydrogens is 246 g/mol. The molecule has 1 saturated carbocycles. The van der Waals surface area contributed by atoms with Crippen molar-refractivity contribution in [2.45, 2.75) is 58.5 Å². The van der Waals surface area contributed by atoms with Crippen molar-refractivity contribution in [3.8, 4) is 0 Å². The topological polar surface area (TPSA) is 28.2 Å². The summed E-state index contributed by atoms with van der Waals surface area (Å²) >= 11 is 0. The highest BCUT2D eigenvalue weighted by molar-refractivity contribution is 5.46. The fourth-order valence-electron chi connectivity index (χ4n) is 3.68. The Labute approximate surface area is 122 Å². The summed E-state index contributed by atoms with van der Waals surface area (Å²) in [4.78, 5) is 7.45. The van der Waals surface area contributed by atoms with Crippen LogP contribution in [-0.2, 0) is 13.0 Å². The zero-order chi connectivity index (χ0) is 13.9. The van der Waals surface area contributed by atoms with Crippen molar-refractivity contribution >= 4 is 5.82 Å². The van der Waals surface area contributed by atoms with E-state index in [1.807, 2.05) is 0 Å². The average molecular weight is 273 g/mol. The summed E-state index contributed by atoms with van der Waals surface area (Å²) in [7, 11) is 0. The normalized spacial score (nSPS) is 24.6. The molecule has 1 aliphatic carbocycles. The molecule has 1 aliphatic heterocycles. The molecule has 3 heteroatoms. The minimum atomic E-state index is 0.760. The Balaban J connectivity index is 1.77. The fraction of sp³-hybridized carbons (Fsp3) is 0.706. The minimum absolute atomic E-state index is 0.760. The molecule has 1 saturated heterocycles. The molecule has 2 fully saturated rings. The molecule has 0 spiro atoms. The number of rotatable bonds is 6. The third-order valence-corrected chi connectivity index (χ3v) is 4.75. The van der Waals surface area contributed by atoms with E-state index in [4.69, 9.17) is 4.98 Å². The number of nitrogens with zero attached hydrogens (tertiary/aromatic N) is 2. The molecule has 0 amide bonds. The van der Waals surface area contributed by atoms with Crippen LogP contribution in [0.2, 0.25) is 0 Å². The molecule has 110 valence electrons. The van der Waals surface area contributed by atoms with Gasteiger partial charge in [0.15, 0.2) is 0 Å². The lowest BCUT2D eigenvalue weighted by Gasteiger charge is -2.29. The van der Waals surface area contributed by atoms with Crippen LogP contribution in [0.4, 0.5) is 5.82 Å². The summed E-state index contributed by atoms with van der Waals surface area (Å²) < 4.78 is 0. The summed E-state index contributed by atoms with van der Waals surface area (Å²) in [5, 5.41) is 3.51. The molecule has 20 heavy (non-hydrogen) atoms. The van der Waals surface area contributed by atoms with E-state index in [2.05, 4.69) is 36.2 Å². The first kappa shape index (κ1) is 13.9. The number of hydrogen-bond donors (Lipinski definition) is 1. The van der Waals surface area contributed by atoms with Gasteiger partial charge in [-0.05, 0) is 62.3 Å². The third-order valence-electron chi connectivity index (χ3n) is 4.75. The fourth-order valence-corrected chi connectivity index (χ4v) is 3.68. The van der Waals surface area contributed by atoms with Gasteiger partial charge in [0.2, 0.25) is 0 Å². The number of pyridine rings is 1. The molecule has 0 aromatic carbocycles. The summed E-state index contributed by atoms with van der Waals surface area (Å²) in [6.07, 6.45) is 6.40. The highest BCUT2D eigenvalue weighted by Gasteiger charge is 2.38. The summed E-state index contributed by atoms with van der Waals surface area (Å²) in [6.45, 7) is 7.70. The molecule has 1 aromatic heterocycles. The van der Waals surface area contributed by atoms with Crippen molar-refractivity contribution in [1.29, 1.82) is 0 Å². The van der Waals surface area contributed by atoms with Crippen LogP contribution in [0.15, 0.2) is 12.1 Å². The highest BCUT2D eigenvalue weighted by atomic mass is 15.2. The van der Waals surface area contributed by atoms with Gasteiger partial charge >= 0.3 is 0 Å². The van der Waals surface area contributed by atoms with Gasteiger partial charge in [0.1, 0.15) is 5.82 Å². The monoisotopic (exact) mass is 273 g/mol. The van der Waals surface area contributed by atoms with Crippen LogP contribution in [0.3, 0.4) is 0 Å². The van der Waals surface area contributed by atoms with Crippen LogP contribution in [0.5, 0.6) is 0 Å². The van der Waals surface area contributed by atoms with Crippen LogP contribution in [-0.4, -0.2) is 24.1 Å². The first-order chi connectivity index (χ1) is 9.80. The van der Waals surface area contributed by atoms with Crippen LogP contribution in [0, 0.1) is 5.92 Å². The van der Waals surface area contributed by atoms with E-state index in [-0.39, 0.29) is 0 Å². The van der Waals surface area contributed by atoms with Crippen LogP contribution >= 0.6 is 0 Å². The number of fused-ring (bicyclic) bond motifs is 2. The van der Waals surface area contributed by atoms with Crippen molar-refractivity contribution in [3.05, 3.63) is 23.4 Å². The second-order valence-electron chi connectivity index (χ2n) is 6.34. The Morgan fingerprint density at radius 1 is 1.30 bits per heavy atom. The van der Waals surface area contributed by atoms with Crippen molar-refractivity contribution in [3.63, 3.8) is 0 Å². The van der Waals surface area contributed by atoms with Gasteiger partial charge in [-0.1, -0.05) is 13.8 Å². The molecule has 1 N–H and O–H groups in total. The Morgan fingerprint density at radius 2 is 2.20 bits per heavy atom. The number of hydrogen-bond acceptors (Lipinski definition) is 3. The quantitative estimate of drug-likeness (QED) is 0.807. The number of anilines is 1. The SMILES string of the molecule is CCCNCc1cc(CC)nc(N2CC3CCC2C3)c1. The van der Waals surface area contributed by atoms with E-state index < -0.39 is 0 Å². The number of aryl methyl sites for hydroxylation is 1. The van der Waals surface area contributed by atoms with Gasteiger partial charge < -0.3 is 10.2 Å². The predicted molar refractivity (Wildman–Crippen MR) is 84.1 cm³/mol. The lowest BCUT2D eigenvalue weighted by molar-refractivity contribution is 0.549. The molecule has 3 nitrogen and oxygen atoms in total. The molecule has 3 rings (SSSR count). The maximum absolute atomic E-state index is 4.88. The second kappa shape index (κ2) is 6.13. The van der Waals surface area contributed by atoms with Crippen LogP contribution < -0.4 is 10.2 Å². The van der Waals surface area contributed by atoms with Gasteiger partial charge in [0, 0.05) is 24.8 Å². The summed E-state index contributed by atoms with van der Waals surface area (Å²) in [6, 6.07) is 5.33. The van der Waals surface area contributed by atoms with E-state index in [9.17, 15) is 0 Å². The van der Waals surface area contributed by atoms with E-state index in [0.717, 1.165) is 31.5 Å². The van der Waals surface area contributed by atoms with Gasteiger partial charge in [-0.3, -0.25) is 0 Å². The van der Waals surface area contributed by atoms with Gasteiger partial charge in [0.25, 0.3) is 0 Å². The lowest BCUT2D eigenvalue weighted by atomic mass is 10.1. The van der Waals surface area contributed by atoms with Crippen LogP contribution in [0.1, 0.15) is 50.8 Å². The molecule has 2 bridgehead atoms. The Morgan fingerprint density at radius 3 is 2.85 bits per heavy atom. The maximum atomic E-state index is 4.88. The Hall–Kier alpha value is -1.09. The second-order valence-corrected chi connectivity index (χ2v) is 6.34. The van der Waals surface area contributed by atoms with E-state index in [0.29, 0.717) is 0 Å². The zero-order valence-corrected chi connectivity index (χ0v) is 12.9. The maximum Gasteiger partial charge on any atom is 0.129 e. The van der Waals surface area contributed by atoms with Gasteiger partial charge in [-0.2, -0.15) is 0 Å². The van der Waals surface area contributed by atoms with E-state index >= 15 is 0 Å². The lowest BCUT2D eigenvalue weighted by Crippen LogP contribution is -2.33. The molecule has 2 unspecified atom stereocenters. The van der Waals surface area contributed by atoms with Crippen LogP contribution in [0.25, 0.3) is 0 Å². The van der Waals surface area contributed by atoms with Crippen molar-refractivity contribution < 1.29 is 0 Å². The van der Waals surface area contributed by atoms with Gasteiger partial charge in [-0.25, -0.2) is 4.98 Å². The molecule has 2 aliphatic rings. The number of nitrogens with one attached hydrogen (secondary N) is 1. The summed E-state index contributed by atoms with van der Waals surface area (Å²) in [5.41, 5.74) is 2.63. The molecular formula is C17H27N3. The van der Waals surface area contributed by atoms with E-state index in [1.165, 1.54) is 49.3 Å². The van der Waals surface area contributed by atoms with Gasteiger partial charge in [-0.15, -0.1) is 0 Å². The summed E-state index contributed by atoms with van der Waals surface area (Å²) in [5.74, 6) is 2.15. The van der Waals surface area contributed by atoms with Crippen molar-refractivity contribution in [1.82, 2.24) is 10.3 Å². The first-order valence-corrected chi connectivity index (χ1v) is 8.27. The molecule has 0 radical (unpaired) electrons. The molecule has 1 aromatic rings. The predicted octanol–water partition coefficient (Wildman–Crippen LogP) is 3.13. The van der Waals surface area contributed by atoms with Gasteiger partial charge in [0.05, 0.1) is 0 Å². The number of piperidine rings is 1. The highest BCUT2D eigenvalue weighted by Crippen LogP contribution is 2.39. The third kappa shape index (κ3) is 2.83. The largest absolute Gasteiger partial charge is 0.353 e. The zero-order valence-electron chi connectivity index (χ0n) is 12.9. The van der Waals surface area contributed by atoms with Crippen molar-refractivity contribution in [2.75, 3.05) is 18.0 Å². The Kier molecular flexibility index (Phi) is 4.25. The molecule has 2 atom stereocenters.